The third kappa shape index (κ3) is 3.36. The summed E-state index contributed by atoms with van der Waals surface area (Å²) in [6.07, 6.45) is 0. The highest BCUT2D eigenvalue weighted by molar-refractivity contribution is 9.10. The minimum absolute atomic E-state index is 0.248. The Morgan fingerprint density at radius 1 is 1.45 bits per heavy atom. The summed E-state index contributed by atoms with van der Waals surface area (Å²) in [6, 6.07) is 0. The van der Waals surface area contributed by atoms with Crippen LogP contribution in [0.1, 0.15) is 6.92 Å². The van der Waals surface area contributed by atoms with E-state index in [1.807, 2.05) is 0 Å². The molecule has 0 bridgehead atoms. The first-order valence-electron chi connectivity index (χ1n) is 3.02. The topological polar surface area (TPSA) is 52.6 Å². The second kappa shape index (κ2) is 5.12. The molecule has 0 fully saturated rings. The van der Waals surface area contributed by atoms with Crippen molar-refractivity contribution in [2.75, 3.05) is 13.7 Å². The number of esters is 2. The molecular weight excluding hydrogens is 216 g/mol. The van der Waals surface area contributed by atoms with Crippen LogP contribution in [0.2, 0.25) is 0 Å². The van der Waals surface area contributed by atoms with Crippen LogP contribution in [0.25, 0.3) is 0 Å². The second-order valence-corrected chi connectivity index (χ2v) is 2.55. The molecule has 0 aromatic heterocycles. The number of hydrogen-bond donors (Lipinski definition) is 0. The molecule has 0 radical (unpaired) electrons. The zero-order valence-corrected chi connectivity index (χ0v) is 7.88. The van der Waals surface area contributed by atoms with E-state index in [1.54, 1.807) is 6.92 Å². The summed E-state index contributed by atoms with van der Waals surface area (Å²) < 4.78 is 8.83. The van der Waals surface area contributed by atoms with Crippen LogP contribution in [-0.4, -0.2) is 30.5 Å². The molecular formula is C6H9BrO4. The van der Waals surface area contributed by atoms with Crippen molar-refractivity contribution in [2.24, 2.45) is 0 Å². The van der Waals surface area contributed by atoms with E-state index in [0.717, 1.165) is 0 Å². The van der Waals surface area contributed by atoms with Gasteiger partial charge in [0, 0.05) is 0 Å². The van der Waals surface area contributed by atoms with Gasteiger partial charge in [-0.3, -0.25) is 9.59 Å². The molecule has 0 aromatic rings. The molecule has 11 heavy (non-hydrogen) atoms. The molecule has 64 valence electrons. The third-order valence-corrected chi connectivity index (χ3v) is 1.65. The van der Waals surface area contributed by atoms with Gasteiger partial charge >= 0.3 is 11.9 Å². The van der Waals surface area contributed by atoms with E-state index in [4.69, 9.17) is 0 Å². The summed E-state index contributed by atoms with van der Waals surface area (Å²) in [7, 11) is 1.20. The average Bonchev–Trinajstić information content (AvgIpc) is 2.02. The summed E-state index contributed by atoms with van der Waals surface area (Å²) in [6.45, 7) is 1.91. The van der Waals surface area contributed by atoms with Crippen molar-refractivity contribution in [3.05, 3.63) is 0 Å². The van der Waals surface area contributed by atoms with Crippen LogP contribution in [0.3, 0.4) is 0 Å². The maximum atomic E-state index is 10.8. The van der Waals surface area contributed by atoms with Crippen LogP contribution in [0.15, 0.2) is 0 Å². The van der Waals surface area contributed by atoms with Crippen molar-refractivity contribution in [3.8, 4) is 0 Å². The molecule has 0 aliphatic heterocycles. The van der Waals surface area contributed by atoms with Gasteiger partial charge in [-0.1, -0.05) is 15.9 Å². The molecule has 0 heterocycles. The van der Waals surface area contributed by atoms with Crippen LogP contribution in [0, 0.1) is 0 Å². The van der Waals surface area contributed by atoms with Crippen molar-refractivity contribution in [1.29, 1.82) is 0 Å². The minimum Gasteiger partial charge on any atom is -0.468 e. The van der Waals surface area contributed by atoms with Crippen molar-refractivity contribution >= 4 is 27.9 Å². The number of carbonyl (C=O) groups is 2. The van der Waals surface area contributed by atoms with Gasteiger partial charge < -0.3 is 9.47 Å². The van der Waals surface area contributed by atoms with Gasteiger partial charge in [0.25, 0.3) is 0 Å². The zero-order valence-electron chi connectivity index (χ0n) is 6.30. The number of carbonyl (C=O) groups excluding carboxylic acids is 2. The van der Waals surface area contributed by atoms with Crippen LogP contribution in [-0.2, 0) is 19.1 Å². The fourth-order valence-corrected chi connectivity index (χ4v) is 0.734. The first kappa shape index (κ1) is 10.4. The van der Waals surface area contributed by atoms with Crippen molar-refractivity contribution in [2.45, 2.75) is 11.8 Å². The zero-order chi connectivity index (χ0) is 8.85. The molecule has 1 unspecified atom stereocenters. The number of hydrogen-bond acceptors (Lipinski definition) is 4. The average molecular weight is 225 g/mol. The van der Waals surface area contributed by atoms with E-state index in [1.165, 1.54) is 7.11 Å². The van der Waals surface area contributed by atoms with Gasteiger partial charge in [-0.2, -0.15) is 0 Å². The lowest BCUT2D eigenvalue weighted by Crippen LogP contribution is -2.27. The van der Waals surface area contributed by atoms with E-state index in [9.17, 15) is 9.59 Å². The fourth-order valence-electron chi connectivity index (χ4n) is 0.415. The molecule has 0 N–H and O–H groups in total. The predicted octanol–water partition coefficient (Wildman–Crippen LogP) is 0.486. The number of alkyl halides is 1. The van der Waals surface area contributed by atoms with E-state index in [2.05, 4.69) is 25.4 Å². The molecule has 0 saturated carbocycles. The normalized spacial score (nSPS) is 11.9. The summed E-state index contributed by atoms with van der Waals surface area (Å²) >= 11 is 2.82. The van der Waals surface area contributed by atoms with Crippen molar-refractivity contribution in [1.82, 2.24) is 0 Å². The van der Waals surface area contributed by atoms with Crippen LogP contribution in [0.5, 0.6) is 0 Å². The molecule has 4 nitrogen and oxygen atoms in total. The molecule has 0 spiro atoms. The summed E-state index contributed by atoms with van der Waals surface area (Å²) in [5.74, 6) is -1.28. The van der Waals surface area contributed by atoms with Gasteiger partial charge in [-0.15, -0.1) is 0 Å². The smallest absolute Gasteiger partial charge is 0.331 e. The SMILES string of the molecule is CCOC(=O)C(Br)C(=O)OC. The van der Waals surface area contributed by atoms with E-state index >= 15 is 0 Å². The lowest BCUT2D eigenvalue weighted by Gasteiger charge is -2.05. The van der Waals surface area contributed by atoms with E-state index in [0.29, 0.717) is 0 Å². The predicted molar refractivity (Wildman–Crippen MR) is 41.4 cm³/mol. The molecule has 0 aliphatic carbocycles. The Morgan fingerprint density at radius 3 is 2.36 bits per heavy atom. The largest absolute Gasteiger partial charge is 0.468 e. The van der Waals surface area contributed by atoms with E-state index < -0.39 is 16.8 Å². The van der Waals surface area contributed by atoms with Gasteiger partial charge in [0.05, 0.1) is 13.7 Å². The molecule has 0 aromatic carbocycles. The standard InChI is InChI=1S/C6H9BrO4/c1-3-11-6(9)4(7)5(8)10-2/h4H,3H2,1-2H3. The molecule has 5 heteroatoms. The third-order valence-electron chi connectivity index (χ3n) is 0.902. The lowest BCUT2D eigenvalue weighted by molar-refractivity contribution is -0.151. The Balaban J connectivity index is 3.91. The van der Waals surface area contributed by atoms with Crippen molar-refractivity contribution in [3.63, 3.8) is 0 Å². The molecule has 0 saturated heterocycles. The molecule has 1 atom stereocenters. The van der Waals surface area contributed by atoms with E-state index in [-0.39, 0.29) is 6.61 Å². The van der Waals surface area contributed by atoms with Crippen molar-refractivity contribution < 1.29 is 19.1 Å². The number of rotatable bonds is 3. The summed E-state index contributed by atoms with van der Waals surface area (Å²) in [4.78, 5) is 20.4. The second-order valence-electron chi connectivity index (χ2n) is 1.64. The molecule has 0 aliphatic rings. The van der Waals surface area contributed by atoms with Gasteiger partial charge in [0.2, 0.25) is 4.83 Å². The maximum Gasteiger partial charge on any atom is 0.331 e. The maximum absolute atomic E-state index is 10.8. The Hall–Kier alpha value is -0.580. The lowest BCUT2D eigenvalue weighted by atomic mass is 10.4. The highest BCUT2D eigenvalue weighted by Crippen LogP contribution is 2.03. The fraction of sp³-hybridized carbons (Fsp3) is 0.667. The highest BCUT2D eigenvalue weighted by atomic mass is 79.9. The molecule has 0 amide bonds. The quantitative estimate of drug-likeness (QED) is 0.398. The van der Waals surface area contributed by atoms with Gasteiger partial charge in [-0.05, 0) is 6.92 Å². The summed E-state index contributed by atoms with van der Waals surface area (Å²) in [5.41, 5.74) is 0. The van der Waals surface area contributed by atoms with Gasteiger partial charge in [0.15, 0.2) is 0 Å². The Morgan fingerprint density at radius 2 is 2.00 bits per heavy atom. The Bertz CT molecular complexity index is 157. The van der Waals surface area contributed by atoms with Crippen LogP contribution >= 0.6 is 15.9 Å². The Kier molecular flexibility index (Phi) is 4.85. The van der Waals surface area contributed by atoms with Crippen LogP contribution < -0.4 is 0 Å². The first-order valence-corrected chi connectivity index (χ1v) is 3.93. The molecule has 0 rings (SSSR count). The Labute approximate surface area is 73.0 Å². The first-order chi connectivity index (χ1) is 5.13. The number of halogens is 1. The number of methoxy groups -OCH3 is 1. The van der Waals surface area contributed by atoms with Gasteiger partial charge in [0.1, 0.15) is 0 Å². The van der Waals surface area contributed by atoms with Gasteiger partial charge in [-0.25, -0.2) is 0 Å². The summed E-state index contributed by atoms with van der Waals surface area (Å²) in [5, 5.41) is 0. The monoisotopic (exact) mass is 224 g/mol. The van der Waals surface area contributed by atoms with Crippen LogP contribution in [0.4, 0.5) is 0 Å². The highest BCUT2D eigenvalue weighted by Gasteiger charge is 2.25. The number of ether oxygens (including phenoxy) is 2. The minimum atomic E-state index is -1.01.